The SMILES string of the molecule is Cn1nc(NS(=O)(=O)C2CC2)c2c(Cl)ccc(-c3ccc(C#CC(C)(C)S(=O)(=O)C4CC4)nc3[C@H](Cc3cc(F)cc(F)c3)NC(=O)Cn3nc(C(F)(F)F)c4c3C(F)(F)[C@@H]3C[C@H]43)c21. The van der Waals surface area contributed by atoms with E-state index in [2.05, 4.69) is 32.1 Å². The van der Waals surface area contributed by atoms with Gasteiger partial charge in [-0.05, 0) is 100 Å². The van der Waals surface area contributed by atoms with Gasteiger partial charge >= 0.3 is 6.18 Å². The zero-order chi connectivity index (χ0) is 46.1. The van der Waals surface area contributed by atoms with Crippen molar-refractivity contribution >= 4 is 54.1 Å². The number of carbonyl (C=O) groups excluding carboxylic acids is 1. The highest BCUT2D eigenvalue weighted by Crippen LogP contribution is 2.68. The molecule has 338 valence electrons. The first-order valence-electron chi connectivity index (χ1n) is 20.1. The molecule has 0 radical (unpaired) electrons. The molecule has 3 saturated carbocycles. The van der Waals surface area contributed by atoms with Crippen molar-refractivity contribution < 1.29 is 52.4 Å². The zero-order valence-electron chi connectivity index (χ0n) is 34.0. The number of aromatic nitrogens is 5. The van der Waals surface area contributed by atoms with Crippen LogP contribution < -0.4 is 10.0 Å². The summed E-state index contributed by atoms with van der Waals surface area (Å²) in [6, 6.07) is 7.04. The number of rotatable bonds is 12. The summed E-state index contributed by atoms with van der Waals surface area (Å²) < 4.78 is 158. The lowest BCUT2D eigenvalue weighted by atomic mass is 9.93. The van der Waals surface area contributed by atoms with E-state index in [1.54, 1.807) is 6.07 Å². The number of sulfonamides is 1. The fourth-order valence-electron chi connectivity index (χ4n) is 8.53. The fourth-order valence-corrected chi connectivity index (χ4v) is 11.9. The van der Waals surface area contributed by atoms with E-state index in [0.717, 1.165) is 12.1 Å². The maximum atomic E-state index is 15.5. The number of benzene rings is 2. The van der Waals surface area contributed by atoms with Crippen LogP contribution in [0, 0.1) is 29.4 Å². The number of anilines is 1. The fraction of sp³-hybridized carbons (Fsp3) is 0.429. The van der Waals surface area contributed by atoms with Gasteiger partial charge in [-0.1, -0.05) is 23.6 Å². The van der Waals surface area contributed by atoms with Crippen LogP contribution in [0.5, 0.6) is 0 Å². The van der Waals surface area contributed by atoms with Crippen LogP contribution in [0.2, 0.25) is 5.02 Å². The first-order chi connectivity index (χ1) is 29.9. The zero-order valence-corrected chi connectivity index (χ0v) is 36.4. The van der Waals surface area contributed by atoms with Gasteiger partial charge in [0.25, 0.3) is 5.92 Å². The third-order valence-corrected chi connectivity index (χ3v) is 17.1. The van der Waals surface area contributed by atoms with E-state index in [1.165, 1.54) is 43.8 Å². The molecule has 5 aromatic rings. The van der Waals surface area contributed by atoms with Crippen molar-refractivity contribution in [3.8, 4) is 23.0 Å². The number of hydrogen-bond donors (Lipinski definition) is 2. The number of sulfone groups is 1. The van der Waals surface area contributed by atoms with Crippen LogP contribution in [0.3, 0.4) is 0 Å². The Morgan fingerprint density at radius 1 is 0.969 bits per heavy atom. The predicted molar refractivity (Wildman–Crippen MR) is 220 cm³/mol. The standard InChI is InChI=1S/C42H37ClF7N7O5S2/c1-40(2,63(59,60)24-5-6-24)13-12-23-4-9-26(27-10-11-30(43)34-36(27)56(3)54-39(34)55-64(61,62)25-7-8-25)35(51-23)31(16-20-14-21(44)17-22(45)15-20)52-32(58)19-57-38-33(37(53-57)42(48,49)50)28-18-29(28)41(38,46)47/h4,9-11,14-15,17,24-25,28-29,31H,5-8,16,18-19H2,1-3H3,(H,52,58)(H,54,55)/t28-,29+,31-/m0/s1. The molecule has 0 bridgehead atoms. The van der Waals surface area contributed by atoms with Gasteiger partial charge < -0.3 is 5.32 Å². The maximum absolute atomic E-state index is 15.5. The van der Waals surface area contributed by atoms with Gasteiger partial charge in [-0.25, -0.2) is 30.6 Å². The Hall–Kier alpha value is -5.20. The van der Waals surface area contributed by atoms with Crippen LogP contribution in [-0.2, 0) is 56.8 Å². The molecule has 12 nitrogen and oxygen atoms in total. The highest BCUT2D eigenvalue weighted by molar-refractivity contribution is 7.94. The van der Waals surface area contributed by atoms with Gasteiger partial charge in [0, 0.05) is 35.7 Å². The second-order valence-electron chi connectivity index (χ2n) is 17.2. The molecule has 0 unspecified atom stereocenters. The lowest BCUT2D eigenvalue weighted by Crippen LogP contribution is -2.35. The number of aryl methyl sites for hydroxylation is 1. The number of amides is 1. The normalized spacial score (nSPS) is 19.7. The molecule has 4 aliphatic carbocycles. The minimum Gasteiger partial charge on any atom is -0.346 e. The van der Waals surface area contributed by atoms with Gasteiger partial charge in [-0.15, -0.1) is 0 Å². The molecule has 2 N–H and O–H groups in total. The van der Waals surface area contributed by atoms with Gasteiger partial charge in [0.15, 0.2) is 21.3 Å². The highest BCUT2D eigenvalue weighted by atomic mass is 35.5. The lowest BCUT2D eigenvalue weighted by molar-refractivity contribution is -0.142. The topological polar surface area (TPSA) is 158 Å². The number of nitrogens with zero attached hydrogens (tertiary/aromatic N) is 5. The van der Waals surface area contributed by atoms with Crippen molar-refractivity contribution in [1.29, 1.82) is 0 Å². The van der Waals surface area contributed by atoms with Crippen LogP contribution in [0.1, 0.15) is 91.8 Å². The molecule has 64 heavy (non-hydrogen) atoms. The van der Waals surface area contributed by atoms with Crippen LogP contribution >= 0.6 is 11.6 Å². The van der Waals surface area contributed by atoms with E-state index in [-0.39, 0.29) is 56.2 Å². The highest BCUT2D eigenvalue weighted by Gasteiger charge is 2.68. The van der Waals surface area contributed by atoms with Crippen LogP contribution in [0.15, 0.2) is 42.5 Å². The molecule has 3 atom stereocenters. The molecule has 9 rings (SSSR count). The average Bonchev–Trinajstić information content (AvgIpc) is 4.07. The first kappa shape index (κ1) is 44.0. The van der Waals surface area contributed by atoms with Crippen molar-refractivity contribution in [2.45, 2.75) is 98.2 Å². The summed E-state index contributed by atoms with van der Waals surface area (Å²) in [4.78, 5) is 18.8. The summed E-state index contributed by atoms with van der Waals surface area (Å²) in [7, 11) is -6.04. The summed E-state index contributed by atoms with van der Waals surface area (Å²) >= 11 is 6.69. The third-order valence-electron chi connectivity index (χ3n) is 12.0. The summed E-state index contributed by atoms with van der Waals surface area (Å²) in [6.45, 7) is 1.76. The minimum atomic E-state index is -5.11. The Labute approximate surface area is 366 Å². The Morgan fingerprint density at radius 3 is 2.27 bits per heavy atom. The van der Waals surface area contributed by atoms with Gasteiger partial charge in [0.2, 0.25) is 15.9 Å². The molecule has 0 spiro atoms. The van der Waals surface area contributed by atoms with E-state index < -0.39 is 113 Å². The molecule has 0 saturated heterocycles. The average molecular weight is 952 g/mol. The Morgan fingerprint density at radius 2 is 1.62 bits per heavy atom. The van der Waals surface area contributed by atoms with E-state index in [1.807, 2.05) is 0 Å². The Balaban J connectivity index is 1.19. The van der Waals surface area contributed by atoms with Crippen LogP contribution in [-0.4, -0.2) is 62.5 Å². The lowest BCUT2D eigenvalue weighted by Gasteiger charge is -2.23. The third kappa shape index (κ3) is 7.78. The maximum Gasteiger partial charge on any atom is 0.435 e. The number of nitrogens with one attached hydrogen (secondary N) is 2. The molecule has 4 aliphatic rings. The number of hydrogen-bond acceptors (Lipinski definition) is 8. The van der Waals surface area contributed by atoms with E-state index in [0.29, 0.717) is 36.4 Å². The van der Waals surface area contributed by atoms with Crippen molar-refractivity contribution in [3.05, 3.63) is 93.0 Å². The molecule has 22 heteroatoms. The first-order valence-corrected chi connectivity index (χ1v) is 23.6. The number of alkyl halides is 5. The minimum absolute atomic E-state index is 0.0332. The number of fused-ring (bicyclic) bond motifs is 4. The van der Waals surface area contributed by atoms with E-state index in [9.17, 15) is 43.6 Å². The second kappa shape index (κ2) is 14.9. The van der Waals surface area contributed by atoms with Gasteiger partial charge in [-0.2, -0.15) is 32.1 Å². The second-order valence-corrected chi connectivity index (χ2v) is 22.4. The van der Waals surface area contributed by atoms with Crippen LogP contribution in [0.4, 0.5) is 36.6 Å². The smallest absolute Gasteiger partial charge is 0.346 e. The molecule has 3 aromatic heterocycles. The monoisotopic (exact) mass is 951 g/mol. The Bertz CT molecular complexity index is 3080. The molecule has 2 aromatic carbocycles. The van der Waals surface area contributed by atoms with Crippen LogP contribution in [0.25, 0.3) is 22.0 Å². The molecule has 0 aliphatic heterocycles. The number of halogens is 8. The quantitative estimate of drug-likeness (QED) is 0.0952. The number of carbonyl (C=O) groups is 1. The van der Waals surface area contributed by atoms with Gasteiger partial charge in [0.1, 0.15) is 34.3 Å². The molecule has 1 amide bonds. The Kier molecular flexibility index (Phi) is 10.3. The van der Waals surface area contributed by atoms with Crippen molar-refractivity contribution in [2.75, 3.05) is 4.72 Å². The van der Waals surface area contributed by atoms with Gasteiger partial charge in [0.05, 0.1) is 38.2 Å². The van der Waals surface area contributed by atoms with Crippen molar-refractivity contribution in [1.82, 2.24) is 29.9 Å². The summed E-state index contributed by atoms with van der Waals surface area (Å²) in [6.07, 6.45) is -3.86. The predicted octanol–water partition coefficient (Wildman–Crippen LogP) is 7.70. The largest absolute Gasteiger partial charge is 0.435 e. The molecular formula is C42H37ClF7N7O5S2. The van der Waals surface area contributed by atoms with E-state index >= 15 is 8.78 Å². The molecule has 3 heterocycles. The van der Waals surface area contributed by atoms with Crippen molar-refractivity contribution in [3.63, 3.8) is 0 Å². The van der Waals surface area contributed by atoms with Crippen molar-refractivity contribution in [2.24, 2.45) is 13.0 Å². The summed E-state index contributed by atoms with van der Waals surface area (Å²) in [5.74, 6) is -3.80. The van der Waals surface area contributed by atoms with E-state index in [4.69, 9.17) is 16.6 Å². The number of pyridine rings is 1. The molecular weight excluding hydrogens is 915 g/mol. The molecule has 3 fully saturated rings. The summed E-state index contributed by atoms with van der Waals surface area (Å²) in [5, 5.41) is 9.57. The van der Waals surface area contributed by atoms with Gasteiger partial charge in [-0.3, -0.25) is 18.9 Å². The summed E-state index contributed by atoms with van der Waals surface area (Å²) in [5.41, 5.74) is -2.62.